The van der Waals surface area contributed by atoms with E-state index in [0.717, 1.165) is 12.3 Å². The summed E-state index contributed by atoms with van der Waals surface area (Å²) >= 11 is 7.03. The first-order valence-corrected chi connectivity index (χ1v) is 4.42. The van der Waals surface area contributed by atoms with Crippen LogP contribution in [0.25, 0.3) is 0 Å². The Balaban J connectivity index is 2.33. The third kappa shape index (κ3) is 2.04. The van der Waals surface area contributed by atoms with E-state index in [0.29, 0.717) is 5.17 Å². The monoisotopic (exact) mass is 180 g/mol. The summed E-state index contributed by atoms with van der Waals surface area (Å²) in [4.78, 5) is 5.08. The Morgan fingerprint density at radius 3 is 3.00 bits per heavy atom. The van der Waals surface area contributed by atoms with Gasteiger partial charge in [0.2, 0.25) is 0 Å². The van der Waals surface area contributed by atoms with Crippen molar-refractivity contribution in [1.29, 1.82) is 5.41 Å². The lowest BCUT2D eigenvalue weighted by Gasteiger charge is -2.16. The molecule has 3 nitrogen and oxygen atoms in total. The zero-order valence-corrected chi connectivity index (χ0v) is 7.21. The standard InChI is InChI=1S/C5H9ClN2OS/c1-4(6)9-8-2-3-10-5(8)7/h4,7H,2-3H2,1H3. The van der Waals surface area contributed by atoms with Crippen LogP contribution in [0, 0.1) is 5.41 Å². The van der Waals surface area contributed by atoms with E-state index in [1.807, 2.05) is 0 Å². The minimum Gasteiger partial charge on any atom is -0.277 e. The molecule has 1 aliphatic rings. The van der Waals surface area contributed by atoms with Gasteiger partial charge in [0.05, 0.1) is 6.54 Å². The van der Waals surface area contributed by atoms with Crippen molar-refractivity contribution >= 4 is 28.5 Å². The molecule has 5 heteroatoms. The number of rotatable bonds is 2. The summed E-state index contributed by atoms with van der Waals surface area (Å²) in [6.07, 6.45) is 0. The Hall–Kier alpha value is 0.0700. The third-order valence-electron chi connectivity index (χ3n) is 1.03. The molecule has 0 aliphatic carbocycles. The van der Waals surface area contributed by atoms with Crippen LogP contribution in [0.1, 0.15) is 6.92 Å². The Labute approximate surface area is 69.1 Å². The van der Waals surface area contributed by atoms with Crippen LogP contribution in [0.5, 0.6) is 0 Å². The van der Waals surface area contributed by atoms with E-state index in [2.05, 4.69) is 0 Å². The summed E-state index contributed by atoms with van der Waals surface area (Å²) < 4.78 is 0. The summed E-state index contributed by atoms with van der Waals surface area (Å²) in [5.74, 6) is 0.919. The van der Waals surface area contributed by atoms with Gasteiger partial charge in [-0.05, 0) is 6.92 Å². The molecule has 0 radical (unpaired) electrons. The Morgan fingerprint density at radius 2 is 2.60 bits per heavy atom. The van der Waals surface area contributed by atoms with Crippen molar-refractivity contribution in [3.8, 4) is 0 Å². The maximum atomic E-state index is 7.30. The second kappa shape index (κ2) is 3.46. The average molecular weight is 181 g/mol. The normalized spacial score (nSPS) is 21.8. The number of alkyl halides is 1. The zero-order chi connectivity index (χ0) is 7.56. The fourth-order valence-corrected chi connectivity index (χ4v) is 1.50. The van der Waals surface area contributed by atoms with Gasteiger partial charge in [-0.1, -0.05) is 23.4 Å². The highest BCUT2D eigenvalue weighted by Crippen LogP contribution is 2.17. The van der Waals surface area contributed by atoms with Crippen LogP contribution < -0.4 is 0 Å². The number of hydroxylamine groups is 2. The summed E-state index contributed by atoms with van der Waals surface area (Å²) in [7, 11) is 0. The van der Waals surface area contributed by atoms with E-state index in [9.17, 15) is 0 Å². The Bertz CT molecular complexity index is 142. The summed E-state index contributed by atoms with van der Waals surface area (Å²) in [5, 5.41) is 9.27. The highest BCUT2D eigenvalue weighted by atomic mass is 35.5. The molecule has 1 heterocycles. The highest BCUT2D eigenvalue weighted by molar-refractivity contribution is 8.14. The summed E-state index contributed by atoms with van der Waals surface area (Å²) in [6, 6.07) is 0. The van der Waals surface area contributed by atoms with Crippen molar-refractivity contribution < 1.29 is 4.84 Å². The molecule has 10 heavy (non-hydrogen) atoms. The van der Waals surface area contributed by atoms with Crippen molar-refractivity contribution in [2.45, 2.75) is 12.5 Å². The van der Waals surface area contributed by atoms with E-state index in [4.69, 9.17) is 21.8 Å². The molecule has 58 valence electrons. The predicted octanol–water partition coefficient (Wildman–Crippen LogP) is 1.49. The Kier molecular flexibility index (Phi) is 2.82. The summed E-state index contributed by atoms with van der Waals surface area (Å²) in [6.45, 7) is 2.50. The predicted molar refractivity (Wildman–Crippen MR) is 43.3 cm³/mol. The lowest BCUT2D eigenvalue weighted by Crippen LogP contribution is -2.26. The van der Waals surface area contributed by atoms with Crippen LogP contribution in [0.4, 0.5) is 0 Å². The van der Waals surface area contributed by atoms with Gasteiger partial charge in [0, 0.05) is 5.75 Å². The highest BCUT2D eigenvalue weighted by Gasteiger charge is 2.19. The lowest BCUT2D eigenvalue weighted by atomic mass is 10.7. The number of nitrogens with one attached hydrogen (secondary N) is 1. The molecule has 0 bridgehead atoms. The van der Waals surface area contributed by atoms with Crippen molar-refractivity contribution in [1.82, 2.24) is 5.06 Å². The molecule has 1 unspecified atom stereocenters. The van der Waals surface area contributed by atoms with Gasteiger partial charge in [-0.15, -0.1) is 0 Å². The number of thioether (sulfide) groups is 1. The van der Waals surface area contributed by atoms with E-state index in [1.165, 1.54) is 16.8 Å². The van der Waals surface area contributed by atoms with Gasteiger partial charge >= 0.3 is 0 Å². The minimum atomic E-state index is -0.348. The minimum absolute atomic E-state index is 0.348. The molecule has 1 aliphatic heterocycles. The van der Waals surface area contributed by atoms with Gasteiger partial charge in [-0.25, -0.2) is 5.06 Å². The SMILES string of the molecule is CC(Cl)ON1CCSC1=N. The van der Waals surface area contributed by atoms with Crippen LogP contribution >= 0.6 is 23.4 Å². The van der Waals surface area contributed by atoms with Crippen LogP contribution in [0.3, 0.4) is 0 Å². The molecule has 1 N–H and O–H groups in total. The molecular weight excluding hydrogens is 172 g/mol. The van der Waals surface area contributed by atoms with Crippen LogP contribution in [0.15, 0.2) is 0 Å². The van der Waals surface area contributed by atoms with E-state index in [1.54, 1.807) is 6.92 Å². The first kappa shape index (κ1) is 8.17. The molecule has 0 aromatic heterocycles. The topological polar surface area (TPSA) is 36.3 Å². The van der Waals surface area contributed by atoms with Gasteiger partial charge in [-0.3, -0.25) is 10.2 Å². The molecule has 1 rings (SSSR count). The van der Waals surface area contributed by atoms with E-state index >= 15 is 0 Å². The number of nitrogens with zero attached hydrogens (tertiary/aromatic N) is 1. The molecule has 0 amide bonds. The summed E-state index contributed by atoms with van der Waals surface area (Å²) in [5.41, 5.74) is -0.348. The zero-order valence-electron chi connectivity index (χ0n) is 5.63. The molecule has 0 aromatic rings. The van der Waals surface area contributed by atoms with Gasteiger partial charge < -0.3 is 0 Å². The van der Waals surface area contributed by atoms with Crippen molar-refractivity contribution in [2.75, 3.05) is 12.3 Å². The third-order valence-corrected chi connectivity index (χ3v) is 1.98. The van der Waals surface area contributed by atoms with E-state index in [-0.39, 0.29) is 5.56 Å². The molecule has 1 fully saturated rings. The van der Waals surface area contributed by atoms with Gasteiger partial charge in [0.1, 0.15) is 0 Å². The second-order valence-corrected chi connectivity index (χ2v) is 3.60. The second-order valence-electron chi connectivity index (χ2n) is 1.90. The van der Waals surface area contributed by atoms with Crippen molar-refractivity contribution in [3.05, 3.63) is 0 Å². The van der Waals surface area contributed by atoms with Crippen molar-refractivity contribution in [3.63, 3.8) is 0 Å². The maximum Gasteiger partial charge on any atom is 0.180 e. The number of halogens is 1. The fourth-order valence-electron chi connectivity index (χ4n) is 0.675. The molecule has 0 aromatic carbocycles. The number of hydrogen-bond donors (Lipinski definition) is 1. The molecule has 0 saturated carbocycles. The Morgan fingerprint density at radius 1 is 1.90 bits per heavy atom. The first-order valence-electron chi connectivity index (χ1n) is 3.00. The fraction of sp³-hybridized carbons (Fsp3) is 0.800. The van der Waals surface area contributed by atoms with Gasteiger partial charge in [-0.2, -0.15) is 0 Å². The molecule has 0 spiro atoms. The molecular formula is C5H9ClN2OS. The van der Waals surface area contributed by atoms with Gasteiger partial charge in [0.25, 0.3) is 0 Å². The lowest BCUT2D eigenvalue weighted by molar-refractivity contribution is -0.102. The number of hydrogen-bond acceptors (Lipinski definition) is 3. The van der Waals surface area contributed by atoms with Gasteiger partial charge in [0.15, 0.2) is 10.7 Å². The quantitative estimate of drug-likeness (QED) is 0.655. The van der Waals surface area contributed by atoms with Crippen LogP contribution in [-0.2, 0) is 4.84 Å². The van der Waals surface area contributed by atoms with E-state index < -0.39 is 0 Å². The van der Waals surface area contributed by atoms with Crippen LogP contribution in [0.2, 0.25) is 0 Å². The maximum absolute atomic E-state index is 7.30. The van der Waals surface area contributed by atoms with Crippen LogP contribution in [-0.4, -0.2) is 28.1 Å². The smallest absolute Gasteiger partial charge is 0.180 e. The average Bonchev–Trinajstić information content (AvgIpc) is 2.15. The molecule has 1 atom stereocenters. The van der Waals surface area contributed by atoms with Crippen molar-refractivity contribution in [2.24, 2.45) is 0 Å². The molecule has 1 saturated heterocycles. The first-order chi connectivity index (χ1) is 4.70. The largest absolute Gasteiger partial charge is 0.277 e. The number of amidine groups is 1.